The quantitative estimate of drug-likeness (QED) is 0.625. The van der Waals surface area contributed by atoms with Gasteiger partial charge in [0.2, 0.25) is 5.91 Å². The van der Waals surface area contributed by atoms with Crippen LogP contribution in [0.4, 0.5) is 0 Å². The first-order valence-corrected chi connectivity index (χ1v) is 5.67. The fourth-order valence-electron chi connectivity index (χ4n) is 0.928. The van der Waals surface area contributed by atoms with E-state index in [1.54, 1.807) is 17.8 Å². The van der Waals surface area contributed by atoms with Gasteiger partial charge in [-0.3, -0.25) is 4.79 Å². The Kier molecular flexibility index (Phi) is 6.72. The van der Waals surface area contributed by atoms with Gasteiger partial charge < -0.3 is 11.1 Å². The van der Waals surface area contributed by atoms with Crippen molar-refractivity contribution >= 4 is 17.7 Å². The van der Waals surface area contributed by atoms with E-state index in [0.29, 0.717) is 6.42 Å². The zero-order chi connectivity index (χ0) is 10.3. The van der Waals surface area contributed by atoms with E-state index in [-0.39, 0.29) is 11.9 Å². The molecule has 0 aromatic rings. The van der Waals surface area contributed by atoms with Crippen molar-refractivity contribution in [2.75, 3.05) is 12.0 Å². The predicted molar refractivity (Wildman–Crippen MR) is 58.8 cm³/mol. The SMILES string of the molecule is C=CCC(N)C(=O)NC(C)CSC. The van der Waals surface area contributed by atoms with Gasteiger partial charge >= 0.3 is 0 Å². The van der Waals surface area contributed by atoms with E-state index in [9.17, 15) is 4.79 Å². The summed E-state index contributed by atoms with van der Waals surface area (Å²) in [6.45, 7) is 5.50. The van der Waals surface area contributed by atoms with Gasteiger partial charge in [0.1, 0.15) is 0 Å². The Bertz CT molecular complexity index is 173. The summed E-state index contributed by atoms with van der Waals surface area (Å²) in [4.78, 5) is 11.3. The molecule has 13 heavy (non-hydrogen) atoms. The predicted octanol–water partition coefficient (Wildman–Crippen LogP) is 0.758. The van der Waals surface area contributed by atoms with E-state index in [4.69, 9.17) is 5.73 Å². The Morgan fingerprint density at radius 1 is 1.77 bits per heavy atom. The molecule has 2 unspecified atom stereocenters. The van der Waals surface area contributed by atoms with Gasteiger partial charge in [-0.25, -0.2) is 0 Å². The molecule has 0 heterocycles. The summed E-state index contributed by atoms with van der Waals surface area (Å²) < 4.78 is 0. The summed E-state index contributed by atoms with van der Waals surface area (Å²) in [6.07, 6.45) is 4.19. The summed E-state index contributed by atoms with van der Waals surface area (Å²) in [5, 5.41) is 2.83. The number of amides is 1. The van der Waals surface area contributed by atoms with Crippen molar-refractivity contribution in [3.05, 3.63) is 12.7 Å². The topological polar surface area (TPSA) is 55.1 Å². The average Bonchev–Trinajstić information content (AvgIpc) is 2.05. The molecular weight excluding hydrogens is 184 g/mol. The second kappa shape index (κ2) is 6.97. The van der Waals surface area contributed by atoms with Gasteiger partial charge in [-0.1, -0.05) is 6.08 Å². The number of carbonyl (C=O) groups is 1. The fraction of sp³-hybridized carbons (Fsp3) is 0.667. The Morgan fingerprint density at radius 2 is 2.38 bits per heavy atom. The molecule has 3 N–H and O–H groups in total. The molecule has 0 fully saturated rings. The maximum Gasteiger partial charge on any atom is 0.237 e. The van der Waals surface area contributed by atoms with Crippen LogP contribution in [0.15, 0.2) is 12.7 Å². The Labute approximate surface area is 84.1 Å². The van der Waals surface area contributed by atoms with Crippen LogP contribution >= 0.6 is 11.8 Å². The summed E-state index contributed by atoms with van der Waals surface area (Å²) in [6, 6.07) is -0.278. The minimum atomic E-state index is -0.457. The highest BCUT2D eigenvalue weighted by Crippen LogP contribution is 1.97. The van der Waals surface area contributed by atoms with Crippen molar-refractivity contribution in [1.82, 2.24) is 5.32 Å². The van der Waals surface area contributed by atoms with Gasteiger partial charge in [-0.05, 0) is 19.6 Å². The fourth-order valence-corrected chi connectivity index (χ4v) is 1.51. The molecule has 0 rings (SSSR count). The van der Waals surface area contributed by atoms with Crippen LogP contribution in [0.1, 0.15) is 13.3 Å². The van der Waals surface area contributed by atoms with E-state index in [1.165, 1.54) is 0 Å². The lowest BCUT2D eigenvalue weighted by molar-refractivity contribution is -0.122. The van der Waals surface area contributed by atoms with Crippen LogP contribution in [0.2, 0.25) is 0 Å². The van der Waals surface area contributed by atoms with Gasteiger partial charge in [0.05, 0.1) is 6.04 Å². The van der Waals surface area contributed by atoms with Crippen molar-refractivity contribution in [3.63, 3.8) is 0 Å². The number of nitrogens with two attached hydrogens (primary N) is 1. The van der Waals surface area contributed by atoms with Crippen LogP contribution < -0.4 is 11.1 Å². The summed E-state index contributed by atoms with van der Waals surface area (Å²) in [7, 11) is 0. The van der Waals surface area contributed by atoms with Crippen molar-refractivity contribution in [3.8, 4) is 0 Å². The van der Waals surface area contributed by atoms with Crippen LogP contribution in [0.25, 0.3) is 0 Å². The third-order valence-electron chi connectivity index (χ3n) is 1.56. The Morgan fingerprint density at radius 3 is 2.85 bits per heavy atom. The zero-order valence-electron chi connectivity index (χ0n) is 8.25. The summed E-state index contributed by atoms with van der Waals surface area (Å²) in [5.41, 5.74) is 5.58. The molecule has 0 aliphatic heterocycles. The Hall–Kier alpha value is -0.480. The van der Waals surface area contributed by atoms with E-state index >= 15 is 0 Å². The molecule has 4 heteroatoms. The first-order valence-electron chi connectivity index (χ1n) is 4.27. The molecule has 3 nitrogen and oxygen atoms in total. The zero-order valence-corrected chi connectivity index (χ0v) is 9.06. The lowest BCUT2D eigenvalue weighted by Crippen LogP contribution is -2.44. The van der Waals surface area contributed by atoms with Crippen LogP contribution in [0.3, 0.4) is 0 Å². The monoisotopic (exact) mass is 202 g/mol. The average molecular weight is 202 g/mol. The van der Waals surface area contributed by atoms with E-state index in [1.807, 2.05) is 13.2 Å². The Balaban J connectivity index is 3.77. The highest BCUT2D eigenvalue weighted by Gasteiger charge is 2.13. The van der Waals surface area contributed by atoms with Crippen LogP contribution in [0.5, 0.6) is 0 Å². The molecule has 0 aliphatic rings. The smallest absolute Gasteiger partial charge is 0.237 e. The lowest BCUT2D eigenvalue weighted by Gasteiger charge is -2.15. The first kappa shape index (κ1) is 12.5. The molecule has 0 saturated heterocycles. The van der Waals surface area contributed by atoms with Crippen molar-refractivity contribution in [2.24, 2.45) is 5.73 Å². The summed E-state index contributed by atoms with van der Waals surface area (Å²) >= 11 is 1.70. The van der Waals surface area contributed by atoms with Gasteiger partial charge in [0.15, 0.2) is 0 Å². The lowest BCUT2D eigenvalue weighted by atomic mass is 10.2. The molecule has 1 amide bonds. The van der Waals surface area contributed by atoms with Crippen LogP contribution in [-0.2, 0) is 4.79 Å². The second-order valence-corrected chi connectivity index (χ2v) is 3.91. The largest absolute Gasteiger partial charge is 0.351 e. The first-order chi connectivity index (χ1) is 6.11. The molecule has 0 saturated carbocycles. The maximum absolute atomic E-state index is 11.3. The van der Waals surface area contributed by atoms with E-state index in [2.05, 4.69) is 11.9 Å². The van der Waals surface area contributed by atoms with E-state index < -0.39 is 6.04 Å². The summed E-state index contributed by atoms with van der Waals surface area (Å²) in [5.74, 6) is 0.813. The van der Waals surface area contributed by atoms with Gasteiger partial charge in [-0.15, -0.1) is 6.58 Å². The molecule has 0 spiro atoms. The van der Waals surface area contributed by atoms with Gasteiger partial charge in [0, 0.05) is 11.8 Å². The number of hydrogen-bond donors (Lipinski definition) is 2. The number of carbonyl (C=O) groups excluding carboxylic acids is 1. The standard InChI is InChI=1S/C9H18N2OS/c1-4-5-8(10)9(12)11-7(2)6-13-3/h4,7-8H,1,5-6,10H2,2-3H3,(H,11,12). The molecule has 0 aliphatic carbocycles. The minimum Gasteiger partial charge on any atom is -0.351 e. The van der Waals surface area contributed by atoms with E-state index in [0.717, 1.165) is 5.75 Å². The molecule has 0 bridgehead atoms. The maximum atomic E-state index is 11.3. The second-order valence-electron chi connectivity index (χ2n) is 3.00. The van der Waals surface area contributed by atoms with Crippen LogP contribution in [0, 0.1) is 0 Å². The molecule has 2 atom stereocenters. The molecule has 0 aromatic heterocycles. The molecule has 0 aromatic carbocycles. The van der Waals surface area contributed by atoms with Crippen molar-refractivity contribution < 1.29 is 4.79 Å². The van der Waals surface area contributed by atoms with Crippen molar-refractivity contribution in [2.45, 2.75) is 25.4 Å². The van der Waals surface area contributed by atoms with Crippen LogP contribution in [-0.4, -0.2) is 30.0 Å². The molecular formula is C9H18N2OS. The molecule has 0 radical (unpaired) electrons. The highest BCUT2D eigenvalue weighted by atomic mass is 32.2. The number of rotatable bonds is 6. The number of nitrogens with one attached hydrogen (secondary N) is 1. The van der Waals surface area contributed by atoms with Gasteiger partial charge in [-0.2, -0.15) is 11.8 Å². The third kappa shape index (κ3) is 5.71. The third-order valence-corrected chi connectivity index (χ3v) is 2.40. The normalized spacial score (nSPS) is 14.7. The molecule has 76 valence electrons. The number of thioether (sulfide) groups is 1. The number of hydrogen-bond acceptors (Lipinski definition) is 3. The minimum absolute atomic E-state index is 0.0959. The van der Waals surface area contributed by atoms with Gasteiger partial charge in [0.25, 0.3) is 0 Å². The van der Waals surface area contributed by atoms with Crippen molar-refractivity contribution in [1.29, 1.82) is 0 Å². The highest BCUT2D eigenvalue weighted by molar-refractivity contribution is 7.98.